The molecule has 1 heterocycles. The second kappa shape index (κ2) is 10.1. The fraction of sp³-hybridized carbons (Fsp3) is 0.273. The number of halogens is 3. The van der Waals surface area contributed by atoms with Crippen molar-refractivity contribution in [1.29, 1.82) is 0 Å². The summed E-state index contributed by atoms with van der Waals surface area (Å²) >= 11 is 0.926. The minimum absolute atomic E-state index is 0.153. The fourth-order valence-corrected chi connectivity index (χ4v) is 4.04. The van der Waals surface area contributed by atoms with E-state index in [-0.39, 0.29) is 24.5 Å². The zero-order valence-electron chi connectivity index (χ0n) is 17.3. The summed E-state index contributed by atoms with van der Waals surface area (Å²) in [7, 11) is 0. The average Bonchev–Trinajstić information content (AvgIpc) is 3.05. The van der Waals surface area contributed by atoms with Crippen molar-refractivity contribution in [1.82, 2.24) is 0 Å². The van der Waals surface area contributed by atoms with E-state index in [0.29, 0.717) is 11.3 Å². The summed E-state index contributed by atoms with van der Waals surface area (Å²) in [6.45, 7) is 1.92. The lowest BCUT2D eigenvalue weighted by molar-refractivity contribution is -0.137. The molecule has 1 saturated heterocycles. The number of ether oxygens (including phenoxy) is 1. The van der Waals surface area contributed by atoms with E-state index in [1.54, 1.807) is 6.92 Å². The first-order valence-corrected chi connectivity index (χ1v) is 10.9. The highest BCUT2D eigenvalue weighted by Crippen LogP contribution is 2.34. The number of nitrogens with one attached hydrogen (secondary N) is 1. The van der Waals surface area contributed by atoms with E-state index in [4.69, 9.17) is 4.74 Å². The van der Waals surface area contributed by atoms with Gasteiger partial charge in [-0.1, -0.05) is 6.07 Å². The van der Waals surface area contributed by atoms with Crippen LogP contribution in [0.15, 0.2) is 48.5 Å². The third kappa shape index (κ3) is 5.92. The Labute approximate surface area is 191 Å². The predicted molar refractivity (Wildman–Crippen MR) is 116 cm³/mol. The molecule has 0 aliphatic carbocycles. The Morgan fingerprint density at radius 3 is 2.48 bits per heavy atom. The molecule has 3 rings (SSSR count). The number of alkyl halides is 3. The van der Waals surface area contributed by atoms with Gasteiger partial charge >= 0.3 is 12.1 Å². The molecular formula is C22H19F3N2O5S. The summed E-state index contributed by atoms with van der Waals surface area (Å²) < 4.78 is 43.7. The first-order chi connectivity index (χ1) is 15.6. The van der Waals surface area contributed by atoms with E-state index in [1.165, 1.54) is 30.3 Å². The summed E-state index contributed by atoms with van der Waals surface area (Å²) in [6, 6.07) is 10.0. The van der Waals surface area contributed by atoms with Gasteiger partial charge in [-0.2, -0.15) is 13.2 Å². The molecule has 1 N–H and O–H groups in total. The molecule has 174 valence electrons. The molecule has 11 heteroatoms. The van der Waals surface area contributed by atoms with E-state index < -0.39 is 40.7 Å². The molecular weight excluding hydrogens is 461 g/mol. The van der Waals surface area contributed by atoms with Crippen LogP contribution in [0, 0.1) is 0 Å². The number of anilines is 2. The molecule has 1 unspecified atom stereocenters. The van der Waals surface area contributed by atoms with Gasteiger partial charge < -0.3 is 10.1 Å². The quantitative estimate of drug-likeness (QED) is 0.478. The first kappa shape index (κ1) is 24.3. The SMILES string of the molecule is CCOC(=O)c1ccc(NC(=O)CSC2CC(=O)N(c3cccc(C(F)(F)F)c3)C2=O)cc1. The highest BCUT2D eigenvalue weighted by molar-refractivity contribution is 8.01. The van der Waals surface area contributed by atoms with Crippen molar-refractivity contribution in [2.75, 3.05) is 22.6 Å². The third-order valence-corrected chi connectivity index (χ3v) is 5.83. The maximum Gasteiger partial charge on any atom is 0.416 e. The van der Waals surface area contributed by atoms with E-state index in [9.17, 15) is 32.3 Å². The van der Waals surface area contributed by atoms with E-state index in [0.717, 1.165) is 34.9 Å². The van der Waals surface area contributed by atoms with Crippen molar-refractivity contribution in [3.8, 4) is 0 Å². The molecule has 2 aromatic rings. The predicted octanol–water partition coefficient (Wildman–Crippen LogP) is 3.89. The molecule has 1 fully saturated rings. The second-order valence-corrected chi connectivity index (χ2v) is 8.16. The van der Waals surface area contributed by atoms with E-state index in [1.807, 2.05) is 0 Å². The average molecular weight is 480 g/mol. The van der Waals surface area contributed by atoms with Gasteiger partial charge in [0.2, 0.25) is 17.7 Å². The van der Waals surface area contributed by atoms with Crippen LogP contribution in [0.3, 0.4) is 0 Å². The van der Waals surface area contributed by atoms with Crippen molar-refractivity contribution in [2.45, 2.75) is 24.8 Å². The molecule has 1 aliphatic rings. The van der Waals surface area contributed by atoms with Crippen molar-refractivity contribution >= 4 is 46.8 Å². The minimum Gasteiger partial charge on any atom is -0.462 e. The Balaban J connectivity index is 1.58. The first-order valence-electron chi connectivity index (χ1n) is 9.83. The molecule has 3 amide bonds. The number of benzene rings is 2. The highest BCUT2D eigenvalue weighted by atomic mass is 32.2. The van der Waals surface area contributed by atoms with Crippen LogP contribution in [0.5, 0.6) is 0 Å². The number of imide groups is 1. The summed E-state index contributed by atoms with van der Waals surface area (Å²) in [5.41, 5.74) is -0.374. The Bertz CT molecular complexity index is 1070. The minimum atomic E-state index is -4.61. The normalized spacial score (nSPS) is 16.1. The maximum atomic E-state index is 13.0. The standard InChI is InChI=1S/C22H19F3N2O5S/c1-2-32-21(31)13-6-8-15(9-7-13)26-18(28)12-33-17-11-19(29)27(20(17)30)16-5-3-4-14(10-16)22(23,24)25/h3-10,17H,2,11-12H2,1H3,(H,26,28). The molecule has 0 radical (unpaired) electrons. The van der Waals surface area contributed by atoms with Crippen LogP contribution in [-0.4, -0.2) is 41.3 Å². The molecule has 2 aromatic carbocycles. The lowest BCUT2D eigenvalue weighted by Gasteiger charge is -2.16. The van der Waals surface area contributed by atoms with Crippen molar-refractivity contribution in [2.24, 2.45) is 0 Å². The van der Waals surface area contributed by atoms with Crippen molar-refractivity contribution in [3.63, 3.8) is 0 Å². The van der Waals surface area contributed by atoms with Crippen LogP contribution in [0.25, 0.3) is 0 Å². The van der Waals surface area contributed by atoms with Crippen LogP contribution < -0.4 is 10.2 Å². The van der Waals surface area contributed by atoms with Crippen LogP contribution in [0.1, 0.15) is 29.3 Å². The number of nitrogens with zero attached hydrogens (tertiary/aromatic N) is 1. The topological polar surface area (TPSA) is 92.8 Å². The number of rotatable bonds is 7. The number of hydrogen-bond acceptors (Lipinski definition) is 6. The number of amides is 3. The van der Waals surface area contributed by atoms with Gasteiger partial charge in [0.1, 0.15) is 0 Å². The number of carbonyl (C=O) groups excluding carboxylic acids is 4. The van der Waals surface area contributed by atoms with Crippen LogP contribution in [0.4, 0.5) is 24.5 Å². The monoisotopic (exact) mass is 480 g/mol. The Hall–Kier alpha value is -3.34. The summed E-state index contributed by atoms with van der Waals surface area (Å²) in [5, 5.41) is 1.73. The lowest BCUT2D eigenvalue weighted by atomic mass is 10.2. The molecule has 0 bridgehead atoms. The molecule has 0 spiro atoms. The van der Waals surface area contributed by atoms with Gasteiger partial charge in [-0.25, -0.2) is 9.69 Å². The van der Waals surface area contributed by atoms with E-state index >= 15 is 0 Å². The Kier molecular flexibility index (Phi) is 7.42. The molecule has 1 aliphatic heterocycles. The van der Waals surface area contributed by atoms with Gasteiger partial charge in [-0.15, -0.1) is 11.8 Å². The maximum absolute atomic E-state index is 13.0. The second-order valence-electron chi connectivity index (χ2n) is 6.97. The van der Waals surface area contributed by atoms with Gasteiger partial charge in [0.15, 0.2) is 0 Å². The smallest absolute Gasteiger partial charge is 0.416 e. The Morgan fingerprint density at radius 1 is 1.15 bits per heavy atom. The van der Waals surface area contributed by atoms with Gasteiger partial charge in [0, 0.05) is 12.1 Å². The van der Waals surface area contributed by atoms with Gasteiger partial charge in [-0.05, 0) is 49.4 Å². The lowest BCUT2D eigenvalue weighted by Crippen LogP contribution is -2.31. The van der Waals surface area contributed by atoms with E-state index in [2.05, 4.69) is 5.32 Å². The summed E-state index contributed by atoms with van der Waals surface area (Å²) in [4.78, 5) is 49.5. The van der Waals surface area contributed by atoms with Crippen LogP contribution in [-0.2, 0) is 25.3 Å². The number of hydrogen-bond donors (Lipinski definition) is 1. The van der Waals surface area contributed by atoms with Crippen LogP contribution >= 0.6 is 11.8 Å². The highest BCUT2D eigenvalue weighted by Gasteiger charge is 2.41. The van der Waals surface area contributed by atoms with Crippen LogP contribution in [0.2, 0.25) is 0 Å². The fourth-order valence-electron chi connectivity index (χ4n) is 3.10. The molecule has 7 nitrogen and oxygen atoms in total. The number of carbonyl (C=O) groups is 4. The molecule has 0 aromatic heterocycles. The van der Waals surface area contributed by atoms with Gasteiger partial charge in [0.25, 0.3) is 0 Å². The molecule has 33 heavy (non-hydrogen) atoms. The zero-order valence-corrected chi connectivity index (χ0v) is 18.2. The number of esters is 1. The van der Waals surface area contributed by atoms with Crippen molar-refractivity contribution < 1.29 is 37.1 Å². The van der Waals surface area contributed by atoms with Gasteiger partial charge in [0.05, 0.1) is 34.4 Å². The number of thioether (sulfide) groups is 1. The summed E-state index contributed by atoms with van der Waals surface area (Å²) in [5.74, 6) is -2.38. The largest absolute Gasteiger partial charge is 0.462 e. The summed E-state index contributed by atoms with van der Waals surface area (Å²) in [6.07, 6.45) is -4.83. The molecule has 0 saturated carbocycles. The molecule has 1 atom stereocenters. The third-order valence-electron chi connectivity index (χ3n) is 4.63. The Morgan fingerprint density at radius 2 is 1.85 bits per heavy atom. The van der Waals surface area contributed by atoms with Crippen molar-refractivity contribution in [3.05, 3.63) is 59.7 Å². The van der Waals surface area contributed by atoms with Gasteiger partial charge in [-0.3, -0.25) is 14.4 Å². The zero-order chi connectivity index (χ0) is 24.2.